The quantitative estimate of drug-likeness (QED) is 0.758. The monoisotopic (exact) mass is 355 g/mol. The number of rotatable bonds is 4. The summed E-state index contributed by atoms with van der Waals surface area (Å²) in [4.78, 5) is 20.4. The summed E-state index contributed by atoms with van der Waals surface area (Å²) in [5, 5.41) is 10.1. The smallest absolute Gasteiger partial charge is 0.354 e. The Morgan fingerprint density at radius 3 is 2.64 bits per heavy atom. The molecule has 3 rings (SSSR count). The minimum Gasteiger partial charge on any atom is -0.477 e. The zero-order valence-corrected chi connectivity index (χ0v) is 15.0. The Hall–Kier alpha value is -2.66. The molecule has 6 heteroatoms. The highest BCUT2D eigenvalue weighted by Gasteiger charge is 2.22. The Kier molecular flexibility index (Phi) is 4.59. The molecule has 1 N–H and O–H groups in total. The molecular weight excluding hydrogens is 338 g/mol. The van der Waals surface area contributed by atoms with E-state index in [9.17, 15) is 9.90 Å². The molecular formula is C19H18ClN3O2. The van der Waals surface area contributed by atoms with Crippen LogP contribution in [0.4, 0.5) is 0 Å². The van der Waals surface area contributed by atoms with Gasteiger partial charge in [-0.3, -0.25) is 4.98 Å². The second-order valence-corrected chi connectivity index (χ2v) is 6.52. The molecule has 128 valence electrons. The summed E-state index contributed by atoms with van der Waals surface area (Å²) in [5.74, 6) is -0.456. The molecule has 0 aliphatic carbocycles. The summed E-state index contributed by atoms with van der Waals surface area (Å²) in [7, 11) is 0. The van der Waals surface area contributed by atoms with Crippen LogP contribution < -0.4 is 0 Å². The maximum Gasteiger partial charge on any atom is 0.354 e. The van der Waals surface area contributed by atoms with E-state index in [1.807, 2.05) is 26.0 Å². The van der Waals surface area contributed by atoms with Gasteiger partial charge in [0, 0.05) is 18.0 Å². The third kappa shape index (κ3) is 3.42. The molecule has 0 fully saturated rings. The minimum atomic E-state index is -1.00. The van der Waals surface area contributed by atoms with Gasteiger partial charge >= 0.3 is 5.97 Å². The summed E-state index contributed by atoms with van der Waals surface area (Å²) in [6, 6.07) is 7.88. The number of nitrogens with zero attached hydrogens (tertiary/aromatic N) is 3. The third-order valence-corrected chi connectivity index (χ3v) is 4.35. The van der Waals surface area contributed by atoms with Gasteiger partial charge in [0.25, 0.3) is 0 Å². The molecule has 2 heterocycles. The molecule has 0 bridgehead atoms. The van der Waals surface area contributed by atoms with E-state index in [1.54, 1.807) is 23.8 Å². The number of carboxylic acids is 1. The molecule has 0 atom stereocenters. The SMILES string of the molecule is Cc1ccc(C)c(Cn2c(-c3cncc(Cl)c3)nc(C)c2C(=O)O)c1. The number of aromatic carboxylic acids is 1. The van der Waals surface area contributed by atoms with Crippen LogP contribution in [0.25, 0.3) is 11.4 Å². The Morgan fingerprint density at radius 2 is 1.96 bits per heavy atom. The lowest BCUT2D eigenvalue weighted by Gasteiger charge is -2.13. The van der Waals surface area contributed by atoms with Crippen LogP contribution in [0.2, 0.25) is 5.02 Å². The molecule has 25 heavy (non-hydrogen) atoms. The fraction of sp³-hybridized carbons (Fsp3) is 0.211. The number of aromatic nitrogens is 3. The predicted octanol–water partition coefficient (Wildman–Crippen LogP) is 4.27. The molecule has 0 aliphatic heterocycles. The number of carboxylic acid groups (broad SMARTS) is 1. The van der Waals surface area contributed by atoms with Gasteiger partial charge in [-0.2, -0.15) is 0 Å². The van der Waals surface area contributed by atoms with Crippen LogP contribution in [0.3, 0.4) is 0 Å². The van der Waals surface area contributed by atoms with Crippen LogP contribution in [0, 0.1) is 20.8 Å². The van der Waals surface area contributed by atoms with E-state index in [-0.39, 0.29) is 5.69 Å². The van der Waals surface area contributed by atoms with Crippen molar-refractivity contribution in [3.63, 3.8) is 0 Å². The molecule has 1 aromatic carbocycles. The minimum absolute atomic E-state index is 0.177. The van der Waals surface area contributed by atoms with Gasteiger partial charge < -0.3 is 9.67 Å². The average Bonchev–Trinajstić information content (AvgIpc) is 2.87. The number of hydrogen-bond donors (Lipinski definition) is 1. The molecule has 3 aromatic rings. The van der Waals surface area contributed by atoms with Crippen LogP contribution >= 0.6 is 11.6 Å². The first-order valence-corrected chi connectivity index (χ1v) is 8.22. The summed E-state index contributed by atoms with van der Waals surface area (Å²) in [6.07, 6.45) is 3.17. The summed E-state index contributed by atoms with van der Waals surface area (Å²) in [5.41, 5.74) is 4.61. The number of carbonyl (C=O) groups is 1. The highest BCUT2D eigenvalue weighted by Crippen LogP contribution is 2.26. The highest BCUT2D eigenvalue weighted by molar-refractivity contribution is 6.30. The molecule has 0 radical (unpaired) electrons. The van der Waals surface area contributed by atoms with Crippen molar-refractivity contribution < 1.29 is 9.90 Å². The molecule has 5 nitrogen and oxygen atoms in total. The zero-order valence-electron chi connectivity index (χ0n) is 14.2. The summed E-state index contributed by atoms with van der Waals surface area (Å²) in [6.45, 7) is 6.14. The predicted molar refractivity (Wildman–Crippen MR) is 97.2 cm³/mol. The Bertz CT molecular complexity index is 963. The molecule has 0 aliphatic rings. The second kappa shape index (κ2) is 6.69. The number of halogens is 1. The first-order valence-electron chi connectivity index (χ1n) is 7.84. The normalized spacial score (nSPS) is 10.9. The maximum absolute atomic E-state index is 11.8. The summed E-state index contributed by atoms with van der Waals surface area (Å²) >= 11 is 6.05. The zero-order chi connectivity index (χ0) is 18.1. The van der Waals surface area contributed by atoms with Crippen LogP contribution in [0.5, 0.6) is 0 Å². The van der Waals surface area contributed by atoms with E-state index >= 15 is 0 Å². The van der Waals surface area contributed by atoms with Gasteiger partial charge in [0.05, 0.1) is 17.3 Å². The number of pyridine rings is 1. The van der Waals surface area contributed by atoms with Crippen LogP contribution in [0.1, 0.15) is 32.9 Å². The molecule has 2 aromatic heterocycles. The number of aryl methyl sites for hydroxylation is 3. The van der Waals surface area contributed by atoms with Gasteiger partial charge in [0.2, 0.25) is 0 Å². The van der Waals surface area contributed by atoms with E-state index in [0.717, 1.165) is 16.7 Å². The standard InChI is InChI=1S/C19H18ClN3O2/c1-11-4-5-12(2)15(6-11)10-23-17(19(24)25)13(3)22-18(23)14-7-16(20)9-21-8-14/h4-9H,10H2,1-3H3,(H,24,25). The van der Waals surface area contributed by atoms with E-state index in [1.165, 1.54) is 6.20 Å². The van der Waals surface area contributed by atoms with E-state index in [2.05, 4.69) is 16.0 Å². The lowest BCUT2D eigenvalue weighted by Crippen LogP contribution is -2.12. The Morgan fingerprint density at radius 1 is 1.20 bits per heavy atom. The Labute approximate surface area is 150 Å². The Balaban J connectivity index is 2.19. The maximum atomic E-state index is 11.8. The number of benzene rings is 1. The largest absolute Gasteiger partial charge is 0.477 e. The van der Waals surface area contributed by atoms with Crippen molar-refractivity contribution in [3.8, 4) is 11.4 Å². The van der Waals surface area contributed by atoms with Crippen molar-refractivity contribution >= 4 is 17.6 Å². The first kappa shape index (κ1) is 17.2. The van der Waals surface area contributed by atoms with Gasteiger partial charge in [0.1, 0.15) is 5.82 Å². The van der Waals surface area contributed by atoms with E-state index < -0.39 is 5.97 Å². The van der Waals surface area contributed by atoms with Crippen LogP contribution in [-0.4, -0.2) is 25.6 Å². The van der Waals surface area contributed by atoms with Crippen molar-refractivity contribution in [1.29, 1.82) is 0 Å². The van der Waals surface area contributed by atoms with Gasteiger partial charge in [-0.15, -0.1) is 0 Å². The van der Waals surface area contributed by atoms with Gasteiger partial charge in [0.15, 0.2) is 5.69 Å². The van der Waals surface area contributed by atoms with E-state index in [0.29, 0.717) is 28.6 Å². The van der Waals surface area contributed by atoms with Crippen LogP contribution in [0.15, 0.2) is 36.7 Å². The average molecular weight is 356 g/mol. The molecule has 0 saturated heterocycles. The molecule has 0 unspecified atom stereocenters. The van der Waals surface area contributed by atoms with Gasteiger partial charge in [-0.05, 0) is 38.0 Å². The second-order valence-electron chi connectivity index (χ2n) is 6.08. The van der Waals surface area contributed by atoms with Gasteiger partial charge in [-0.25, -0.2) is 9.78 Å². The van der Waals surface area contributed by atoms with Crippen molar-refractivity contribution in [2.45, 2.75) is 27.3 Å². The van der Waals surface area contributed by atoms with Crippen molar-refractivity contribution in [1.82, 2.24) is 14.5 Å². The lowest BCUT2D eigenvalue weighted by atomic mass is 10.1. The topological polar surface area (TPSA) is 68.0 Å². The van der Waals surface area contributed by atoms with Crippen molar-refractivity contribution in [2.75, 3.05) is 0 Å². The fourth-order valence-electron chi connectivity index (χ4n) is 2.89. The lowest BCUT2D eigenvalue weighted by molar-refractivity contribution is 0.0685. The number of imidazole rings is 1. The van der Waals surface area contributed by atoms with Crippen molar-refractivity contribution in [3.05, 3.63) is 69.8 Å². The van der Waals surface area contributed by atoms with Gasteiger partial charge in [-0.1, -0.05) is 35.4 Å². The fourth-order valence-corrected chi connectivity index (χ4v) is 3.07. The van der Waals surface area contributed by atoms with Crippen LogP contribution in [-0.2, 0) is 6.54 Å². The molecule has 0 amide bonds. The molecule has 0 saturated carbocycles. The highest BCUT2D eigenvalue weighted by atomic mass is 35.5. The first-order chi connectivity index (χ1) is 11.9. The van der Waals surface area contributed by atoms with Crippen molar-refractivity contribution in [2.24, 2.45) is 0 Å². The molecule has 0 spiro atoms. The third-order valence-electron chi connectivity index (χ3n) is 4.14. The summed E-state index contributed by atoms with van der Waals surface area (Å²) < 4.78 is 1.72. The number of hydrogen-bond acceptors (Lipinski definition) is 3. The van der Waals surface area contributed by atoms with E-state index in [4.69, 9.17) is 11.6 Å².